The van der Waals surface area contributed by atoms with Gasteiger partial charge in [-0.2, -0.15) is 5.10 Å². The highest BCUT2D eigenvalue weighted by Crippen LogP contribution is 2.17. The molecule has 0 radical (unpaired) electrons. The van der Waals surface area contributed by atoms with Gasteiger partial charge in [0, 0.05) is 26.2 Å². The molecule has 6 nitrogen and oxygen atoms in total. The summed E-state index contributed by atoms with van der Waals surface area (Å²) in [6.07, 6.45) is 1.70. The van der Waals surface area contributed by atoms with Crippen LogP contribution in [0.1, 0.15) is 5.69 Å². The van der Waals surface area contributed by atoms with Crippen molar-refractivity contribution < 1.29 is 0 Å². The van der Waals surface area contributed by atoms with E-state index in [2.05, 4.69) is 25.0 Å². The molecular formula is C14H18N6. The van der Waals surface area contributed by atoms with E-state index >= 15 is 0 Å². The number of aryl methyl sites for hydroxylation is 1. The van der Waals surface area contributed by atoms with Crippen LogP contribution in [0, 0.1) is 6.92 Å². The van der Waals surface area contributed by atoms with Crippen LogP contribution in [0.4, 0.5) is 17.3 Å². The van der Waals surface area contributed by atoms with Crippen molar-refractivity contribution in [1.29, 1.82) is 0 Å². The van der Waals surface area contributed by atoms with E-state index in [1.54, 1.807) is 6.20 Å². The number of nitrogen functional groups attached to an aromatic ring is 1. The maximum Gasteiger partial charge on any atom is 0.151 e. The Morgan fingerprint density at radius 3 is 2.10 bits per heavy atom. The van der Waals surface area contributed by atoms with Crippen molar-refractivity contribution in [3.05, 3.63) is 36.2 Å². The fourth-order valence-electron chi connectivity index (χ4n) is 2.31. The number of pyridine rings is 1. The fraction of sp³-hybridized carbons (Fsp3) is 0.357. The average molecular weight is 270 g/mol. The molecule has 3 rings (SSSR count). The number of hydrogen-bond acceptors (Lipinski definition) is 6. The van der Waals surface area contributed by atoms with E-state index in [0.29, 0.717) is 5.69 Å². The molecule has 2 N–H and O–H groups in total. The number of piperazine rings is 1. The molecule has 20 heavy (non-hydrogen) atoms. The number of anilines is 3. The van der Waals surface area contributed by atoms with Crippen molar-refractivity contribution >= 4 is 17.3 Å². The molecular weight excluding hydrogens is 252 g/mol. The lowest BCUT2D eigenvalue weighted by molar-refractivity contribution is 0.637. The Balaban J connectivity index is 1.64. The lowest BCUT2D eigenvalue weighted by Gasteiger charge is -2.35. The van der Waals surface area contributed by atoms with E-state index in [4.69, 9.17) is 5.73 Å². The maximum atomic E-state index is 5.66. The number of nitrogens with two attached hydrogens (primary N) is 1. The van der Waals surface area contributed by atoms with Crippen LogP contribution >= 0.6 is 0 Å². The molecule has 0 atom stereocenters. The molecule has 0 unspecified atom stereocenters. The normalized spacial score (nSPS) is 15.4. The third kappa shape index (κ3) is 2.64. The first kappa shape index (κ1) is 12.7. The summed E-state index contributed by atoms with van der Waals surface area (Å²) in [5, 5.41) is 8.35. The molecule has 1 saturated heterocycles. The predicted molar refractivity (Wildman–Crippen MR) is 79.8 cm³/mol. The number of nitrogens with zero attached hydrogens (tertiary/aromatic N) is 5. The van der Waals surface area contributed by atoms with E-state index in [0.717, 1.165) is 43.5 Å². The highest BCUT2D eigenvalue weighted by Gasteiger charge is 2.19. The predicted octanol–water partition coefficient (Wildman–Crippen LogP) is 1.09. The molecule has 1 fully saturated rings. The Labute approximate surface area is 118 Å². The molecule has 3 heterocycles. The Morgan fingerprint density at radius 1 is 0.900 bits per heavy atom. The van der Waals surface area contributed by atoms with Gasteiger partial charge in [-0.3, -0.25) is 0 Å². The molecule has 1 aliphatic rings. The lowest BCUT2D eigenvalue weighted by Crippen LogP contribution is -2.47. The average Bonchev–Trinajstić information content (AvgIpc) is 2.49. The zero-order valence-corrected chi connectivity index (χ0v) is 11.5. The van der Waals surface area contributed by atoms with Gasteiger partial charge in [-0.15, -0.1) is 5.10 Å². The molecule has 0 aromatic carbocycles. The number of rotatable bonds is 2. The summed E-state index contributed by atoms with van der Waals surface area (Å²) in [6, 6.07) is 7.88. The Hall–Kier alpha value is -2.37. The second kappa shape index (κ2) is 5.32. The van der Waals surface area contributed by atoms with Crippen LogP contribution in [0.3, 0.4) is 0 Å². The van der Waals surface area contributed by atoms with Crippen LogP contribution in [-0.4, -0.2) is 41.4 Å². The van der Waals surface area contributed by atoms with E-state index in [1.165, 1.54) is 0 Å². The van der Waals surface area contributed by atoms with Crippen LogP contribution < -0.4 is 15.5 Å². The van der Waals surface area contributed by atoms with Gasteiger partial charge in [-0.25, -0.2) is 4.98 Å². The van der Waals surface area contributed by atoms with Gasteiger partial charge in [0.1, 0.15) is 5.82 Å². The van der Waals surface area contributed by atoms with Crippen molar-refractivity contribution in [3.8, 4) is 0 Å². The van der Waals surface area contributed by atoms with Crippen LogP contribution in [0.2, 0.25) is 0 Å². The molecule has 104 valence electrons. The van der Waals surface area contributed by atoms with Crippen molar-refractivity contribution in [2.45, 2.75) is 6.92 Å². The highest BCUT2D eigenvalue weighted by molar-refractivity contribution is 5.48. The monoisotopic (exact) mass is 270 g/mol. The van der Waals surface area contributed by atoms with Crippen molar-refractivity contribution in [2.75, 3.05) is 41.7 Å². The summed E-state index contributed by atoms with van der Waals surface area (Å²) in [5.41, 5.74) is 7.30. The summed E-state index contributed by atoms with van der Waals surface area (Å²) >= 11 is 0. The van der Waals surface area contributed by atoms with Crippen molar-refractivity contribution in [3.63, 3.8) is 0 Å². The minimum Gasteiger partial charge on any atom is -0.397 e. The van der Waals surface area contributed by atoms with Crippen LogP contribution in [-0.2, 0) is 0 Å². The second-order valence-electron chi connectivity index (χ2n) is 4.96. The Bertz CT molecular complexity index is 504. The Kier molecular flexibility index (Phi) is 3.37. The van der Waals surface area contributed by atoms with Crippen LogP contribution in [0.25, 0.3) is 0 Å². The van der Waals surface area contributed by atoms with E-state index in [-0.39, 0.29) is 0 Å². The summed E-state index contributed by atoms with van der Waals surface area (Å²) in [7, 11) is 0. The van der Waals surface area contributed by atoms with Gasteiger partial charge in [0.2, 0.25) is 0 Å². The minimum atomic E-state index is 0.697. The molecule has 1 aliphatic heterocycles. The van der Waals surface area contributed by atoms with Crippen LogP contribution in [0.15, 0.2) is 30.5 Å². The van der Waals surface area contributed by atoms with Gasteiger partial charge in [-0.1, -0.05) is 0 Å². The molecule has 0 spiro atoms. The first-order valence-electron chi connectivity index (χ1n) is 6.74. The summed E-state index contributed by atoms with van der Waals surface area (Å²) in [4.78, 5) is 8.88. The number of hydrogen-bond donors (Lipinski definition) is 1. The first-order valence-corrected chi connectivity index (χ1v) is 6.74. The Morgan fingerprint density at radius 2 is 1.55 bits per heavy atom. The SMILES string of the molecule is Cc1ccc(N2CCN(c3ccc(N)cn3)CC2)nn1. The van der Waals surface area contributed by atoms with Crippen LogP contribution in [0.5, 0.6) is 0 Å². The summed E-state index contributed by atoms with van der Waals surface area (Å²) in [5.74, 6) is 1.93. The smallest absolute Gasteiger partial charge is 0.151 e. The zero-order valence-electron chi connectivity index (χ0n) is 11.5. The third-order valence-electron chi connectivity index (χ3n) is 3.48. The lowest BCUT2D eigenvalue weighted by atomic mass is 10.3. The van der Waals surface area contributed by atoms with Gasteiger partial charge < -0.3 is 15.5 Å². The fourth-order valence-corrected chi connectivity index (χ4v) is 2.31. The topological polar surface area (TPSA) is 71.2 Å². The third-order valence-corrected chi connectivity index (χ3v) is 3.48. The largest absolute Gasteiger partial charge is 0.397 e. The molecule has 0 aliphatic carbocycles. The zero-order chi connectivity index (χ0) is 13.9. The van der Waals surface area contributed by atoms with E-state index in [9.17, 15) is 0 Å². The second-order valence-corrected chi connectivity index (χ2v) is 4.96. The molecule has 2 aromatic heterocycles. The molecule has 6 heteroatoms. The minimum absolute atomic E-state index is 0.697. The van der Waals surface area contributed by atoms with Gasteiger partial charge in [0.15, 0.2) is 5.82 Å². The van der Waals surface area contributed by atoms with Gasteiger partial charge in [0.05, 0.1) is 17.6 Å². The van der Waals surface area contributed by atoms with Crippen molar-refractivity contribution in [2.24, 2.45) is 0 Å². The highest BCUT2D eigenvalue weighted by atomic mass is 15.3. The molecule has 0 saturated carbocycles. The molecule has 0 amide bonds. The van der Waals surface area contributed by atoms with Gasteiger partial charge in [0.25, 0.3) is 0 Å². The quantitative estimate of drug-likeness (QED) is 0.880. The van der Waals surface area contributed by atoms with Gasteiger partial charge >= 0.3 is 0 Å². The first-order chi connectivity index (χ1) is 9.72. The van der Waals surface area contributed by atoms with Crippen molar-refractivity contribution in [1.82, 2.24) is 15.2 Å². The van der Waals surface area contributed by atoms with Gasteiger partial charge in [-0.05, 0) is 31.2 Å². The number of aromatic nitrogens is 3. The molecule has 0 bridgehead atoms. The summed E-state index contributed by atoms with van der Waals surface area (Å²) < 4.78 is 0. The standard InChI is InChI=1S/C14H18N6/c1-11-2-4-14(18-17-11)20-8-6-19(7-9-20)13-5-3-12(15)10-16-13/h2-5,10H,6-9,15H2,1H3. The summed E-state index contributed by atoms with van der Waals surface area (Å²) in [6.45, 7) is 5.63. The van der Waals surface area contributed by atoms with E-state index in [1.807, 2.05) is 31.2 Å². The molecule has 2 aromatic rings. The van der Waals surface area contributed by atoms with E-state index < -0.39 is 0 Å². The maximum absolute atomic E-state index is 5.66.